The molecule has 0 saturated heterocycles. The van der Waals surface area contributed by atoms with Crippen LogP contribution in [0.15, 0.2) is 48.5 Å². The van der Waals surface area contributed by atoms with Crippen molar-refractivity contribution < 1.29 is 9.59 Å². The van der Waals surface area contributed by atoms with Crippen LogP contribution in [0, 0.1) is 5.41 Å². The van der Waals surface area contributed by atoms with Crippen molar-refractivity contribution in [3.63, 3.8) is 0 Å². The van der Waals surface area contributed by atoms with Gasteiger partial charge in [0, 0.05) is 22.0 Å². The standard InChI is InChI=1S/C19H22ClN3O2/c1-19(2,3)16(21)18(25)23-15-10-8-14(9-11-15)22-17(24)12-4-6-13(20)7-5-12/h4-11,16H,21H2,1-3H3,(H,22,24)(H,23,25)/t16-/m1/s1. The van der Waals surface area contributed by atoms with Crippen LogP contribution in [-0.4, -0.2) is 17.9 Å². The lowest BCUT2D eigenvalue weighted by molar-refractivity contribution is -0.119. The molecule has 0 fully saturated rings. The Morgan fingerprint density at radius 1 is 0.920 bits per heavy atom. The summed E-state index contributed by atoms with van der Waals surface area (Å²) in [6, 6.07) is 12.9. The van der Waals surface area contributed by atoms with Gasteiger partial charge in [-0.25, -0.2) is 0 Å². The monoisotopic (exact) mass is 359 g/mol. The van der Waals surface area contributed by atoms with Crippen molar-refractivity contribution in [2.75, 3.05) is 10.6 Å². The lowest BCUT2D eigenvalue weighted by atomic mass is 9.87. The van der Waals surface area contributed by atoms with E-state index in [-0.39, 0.29) is 17.2 Å². The Labute approximate surface area is 152 Å². The predicted molar refractivity (Wildman–Crippen MR) is 102 cm³/mol. The van der Waals surface area contributed by atoms with Crippen molar-refractivity contribution in [1.29, 1.82) is 0 Å². The first-order valence-electron chi connectivity index (χ1n) is 7.90. The summed E-state index contributed by atoms with van der Waals surface area (Å²) in [7, 11) is 0. The molecule has 6 heteroatoms. The summed E-state index contributed by atoms with van der Waals surface area (Å²) in [5.74, 6) is -0.478. The molecular weight excluding hydrogens is 338 g/mol. The molecule has 0 aromatic heterocycles. The average molecular weight is 360 g/mol. The summed E-state index contributed by atoms with van der Waals surface area (Å²) >= 11 is 5.81. The van der Waals surface area contributed by atoms with E-state index in [1.54, 1.807) is 48.5 Å². The van der Waals surface area contributed by atoms with Gasteiger partial charge in [0.25, 0.3) is 5.91 Å². The third kappa shape index (κ3) is 5.31. The molecule has 2 aromatic rings. The van der Waals surface area contributed by atoms with E-state index in [1.807, 2.05) is 20.8 Å². The number of halogens is 1. The van der Waals surface area contributed by atoms with Gasteiger partial charge in [-0.2, -0.15) is 0 Å². The van der Waals surface area contributed by atoms with Crippen molar-refractivity contribution in [3.8, 4) is 0 Å². The van der Waals surface area contributed by atoms with Crippen molar-refractivity contribution in [1.82, 2.24) is 0 Å². The van der Waals surface area contributed by atoms with Gasteiger partial charge in [0.2, 0.25) is 5.91 Å². The third-order valence-corrected chi connectivity index (χ3v) is 3.98. The molecule has 1 atom stereocenters. The highest BCUT2D eigenvalue weighted by molar-refractivity contribution is 6.30. The SMILES string of the molecule is CC(C)(C)[C@H](N)C(=O)Nc1ccc(NC(=O)c2ccc(Cl)cc2)cc1. The number of nitrogens with one attached hydrogen (secondary N) is 2. The van der Waals surface area contributed by atoms with Gasteiger partial charge in [0.15, 0.2) is 0 Å². The molecule has 0 aliphatic carbocycles. The molecule has 0 aliphatic rings. The lowest BCUT2D eigenvalue weighted by Gasteiger charge is -2.25. The molecule has 0 heterocycles. The summed E-state index contributed by atoms with van der Waals surface area (Å²) < 4.78 is 0. The minimum atomic E-state index is -0.614. The fourth-order valence-corrected chi connectivity index (χ4v) is 2.18. The largest absolute Gasteiger partial charge is 0.325 e. The summed E-state index contributed by atoms with van der Waals surface area (Å²) in [4.78, 5) is 24.3. The van der Waals surface area contributed by atoms with E-state index < -0.39 is 6.04 Å². The topological polar surface area (TPSA) is 84.2 Å². The number of benzene rings is 2. The van der Waals surface area contributed by atoms with Crippen LogP contribution >= 0.6 is 11.6 Å². The number of hydrogen-bond acceptors (Lipinski definition) is 3. The summed E-state index contributed by atoms with van der Waals surface area (Å²) in [5.41, 5.74) is 7.37. The van der Waals surface area contributed by atoms with E-state index in [9.17, 15) is 9.59 Å². The Hall–Kier alpha value is -2.37. The molecule has 5 nitrogen and oxygen atoms in total. The Balaban J connectivity index is 1.99. The van der Waals surface area contributed by atoms with E-state index in [1.165, 1.54) is 0 Å². The first kappa shape index (κ1) is 19.0. The molecule has 0 unspecified atom stereocenters. The van der Waals surface area contributed by atoms with Crippen LogP contribution < -0.4 is 16.4 Å². The smallest absolute Gasteiger partial charge is 0.255 e. The molecule has 2 rings (SSSR count). The van der Waals surface area contributed by atoms with E-state index in [0.717, 1.165) is 0 Å². The third-order valence-electron chi connectivity index (χ3n) is 3.73. The fourth-order valence-electron chi connectivity index (χ4n) is 2.05. The zero-order chi connectivity index (χ0) is 18.6. The zero-order valence-electron chi connectivity index (χ0n) is 14.5. The van der Waals surface area contributed by atoms with Gasteiger partial charge in [-0.3, -0.25) is 9.59 Å². The molecule has 2 amide bonds. The van der Waals surface area contributed by atoms with Crippen LogP contribution in [0.5, 0.6) is 0 Å². The predicted octanol–water partition coefficient (Wildman–Crippen LogP) is 3.90. The Morgan fingerprint density at radius 2 is 1.40 bits per heavy atom. The number of hydrogen-bond donors (Lipinski definition) is 3. The summed E-state index contributed by atoms with van der Waals surface area (Å²) in [6.45, 7) is 5.73. The molecule has 0 aliphatic heterocycles. The zero-order valence-corrected chi connectivity index (χ0v) is 15.2. The number of amides is 2. The van der Waals surface area contributed by atoms with Crippen molar-refractivity contribution in [3.05, 3.63) is 59.1 Å². The van der Waals surface area contributed by atoms with Crippen molar-refractivity contribution in [2.45, 2.75) is 26.8 Å². The van der Waals surface area contributed by atoms with E-state index in [4.69, 9.17) is 17.3 Å². The average Bonchev–Trinajstić information content (AvgIpc) is 2.55. The molecule has 132 valence electrons. The maximum absolute atomic E-state index is 12.1. The summed E-state index contributed by atoms with van der Waals surface area (Å²) in [5, 5.41) is 6.14. The van der Waals surface area contributed by atoms with Gasteiger partial charge in [-0.15, -0.1) is 0 Å². The van der Waals surface area contributed by atoms with Crippen LogP contribution in [0.25, 0.3) is 0 Å². The van der Waals surface area contributed by atoms with E-state index in [0.29, 0.717) is 22.0 Å². The quantitative estimate of drug-likeness (QED) is 0.773. The second-order valence-corrected chi connectivity index (χ2v) is 7.31. The summed E-state index contributed by atoms with van der Waals surface area (Å²) in [6.07, 6.45) is 0. The van der Waals surface area contributed by atoms with Crippen molar-refractivity contribution in [2.24, 2.45) is 11.1 Å². The molecule has 0 spiro atoms. The van der Waals surface area contributed by atoms with Gasteiger partial charge in [-0.1, -0.05) is 32.4 Å². The molecule has 25 heavy (non-hydrogen) atoms. The molecule has 0 bridgehead atoms. The molecule has 2 aromatic carbocycles. The molecular formula is C19H22ClN3O2. The minimum Gasteiger partial charge on any atom is -0.325 e. The number of anilines is 2. The van der Waals surface area contributed by atoms with Gasteiger partial charge in [-0.05, 0) is 53.9 Å². The maximum Gasteiger partial charge on any atom is 0.255 e. The Kier molecular flexibility index (Phi) is 5.82. The van der Waals surface area contributed by atoms with Gasteiger partial charge >= 0.3 is 0 Å². The highest BCUT2D eigenvalue weighted by atomic mass is 35.5. The van der Waals surface area contributed by atoms with Crippen LogP contribution in [0.1, 0.15) is 31.1 Å². The van der Waals surface area contributed by atoms with Crippen LogP contribution in [0.2, 0.25) is 5.02 Å². The van der Waals surface area contributed by atoms with E-state index >= 15 is 0 Å². The van der Waals surface area contributed by atoms with Gasteiger partial charge in [0.05, 0.1) is 6.04 Å². The van der Waals surface area contributed by atoms with Crippen LogP contribution in [0.4, 0.5) is 11.4 Å². The van der Waals surface area contributed by atoms with Crippen LogP contribution in [0.3, 0.4) is 0 Å². The molecule has 4 N–H and O–H groups in total. The second-order valence-electron chi connectivity index (χ2n) is 6.87. The van der Waals surface area contributed by atoms with E-state index in [2.05, 4.69) is 10.6 Å². The Morgan fingerprint density at radius 3 is 1.88 bits per heavy atom. The highest BCUT2D eigenvalue weighted by Gasteiger charge is 2.27. The fraction of sp³-hybridized carbons (Fsp3) is 0.263. The highest BCUT2D eigenvalue weighted by Crippen LogP contribution is 2.20. The normalized spacial score (nSPS) is 12.4. The Bertz CT molecular complexity index is 750. The number of carbonyl (C=O) groups is 2. The first-order chi connectivity index (χ1) is 11.7. The number of nitrogens with two attached hydrogens (primary N) is 1. The lowest BCUT2D eigenvalue weighted by Crippen LogP contribution is -2.45. The number of rotatable bonds is 4. The minimum absolute atomic E-state index is 0.233. The van der Waals surface area contributed by atoms with Crippen molar-refractivity contribution >= 4 is 34.8 Å². The van der Waals surface area contributed by atoms with Gasteiger partial charge < -0.3 is 16.4 Å². The second kappa shape index (κ2) is 7.68. The maximum atomic E-state index is 12.1. The number of carbonyl (C=O) groups excluding carboxylic acids is 2. The van der Waals surface area contributed by atoms with Gasteiger partial charge in [0.1, 0.15) is 0 Å². The molecule has 0 saturated carbocycles. The van der Waals surface area contributed by atoms with Crippen LogP contribution in [-0.2, 0) is 4.79 Å². The molecule has 0 radical (unpaired) electrons. The first-order valence-corrected chi connectivity index (χ1v) is 8.28.